The van der Waals surface area contributed by atoms with Crippen molar-refractivity contribution in [3.63, 3.8) is 0 Å². The van der Waals surface area contributed by atoms with Gasteiger partial charge in [0.25, 0.3) is 0 Å². The Kier molecular flexibility index (Phi) is 5.94. The van der Waals surface area contributed by atoms with Gasteiger partial charge in [0.05, 0.1) is 22.7 Å². The van der Waals surface area contributed by atoms with Gasteiger partial charge >= 0.3 is 5.69 Å². The van der Waals surface area contributed by atoms with E-state index in [1.54, 1.807) is 25.2 Å². The molecular weight excluding hydrogens is 403 g/mol. The number of hydrogen-bond donors (Lipinski definition) is 1. The summed E-state index contributed by atoms with van der Waals surface area (Å²) in [4.78, 5) is 38.6. The first-order valence-corrected chi connectivity index (χ1v) is 10.3. The van der Waals surface area contributed by atoms with Crippen LogP contribution in [0.3, 0.4) is 0 Å². The topological polar surface area (TPSA) is 85.6 Å². The maximum absolute atomic E-state index is 14.1. The lowest BCUT2D eigenvalue weighted by Gasteiger charge is -2.31. The number of fused-ring (bicyclic) bond motifs is 1. The number of amides is 2. The van der Waals surface area contributed by atoms with Crippen molar-refractivity contribution >= 4 is 22.8 Å². The van der Waals surface area contributed by atoms with Crippen molar-refractivity contribution in [1.29, 1.82) is 0 Å². The van der Waals surface area contributed by atoms with Crippen LogP contribution >= 0.6 is 0 Å². The summed E-state index contributed by atoms with van der Waals surface area (Å²) >= 11 is 0. The van der Waals surface area contributed by atoms with Gasteiger partial charge in [0.2, 0.25) is 11.8 Å². The summed E-state index contributed by atoms with van der Waals surface area (Å²) in [6.45, 7) is 1.23. The van der Waals surface area contributed by atoms with Gasteiger partial charge < -0.3 is 9.64 Å². The zero-order valence-electron chi connectivity index (χ0n) is 17.6. The number of ether oxygens (including phenoxy) is 1. The number of benzene rings is 1. The molecule has 2 aromatic rings. The summed E-state index contributed by atoms with van der Waals surface area (Å²) in [5.41, 5.74) is 1.45. The second kappa shape index (κ2) is 8.65. The fraction of sp³-hybridized carbons (Fsp3) is 0.500. The summed E-state index contributed by atoms with van der Waals surface area (Å²) in [6.07, 6.45) is -0.415. The molecule has 3 heterocycles. The number of para-hydroxylation sites is 1. The van der Waals surface area contributed by atoms with Crippen LogP contribution in [-0.2, 0) is 21.4 Å². The van der Waals surface area contributed by atoms with Gasteiger partial charge in [-0.3, -0.25) is 24.0 Å². The Balaban J connectivity index is 1.58. The van der Waals surface area contributed by atoms with Gasteiger partial charge in [0, 0.05) is 26.6 Å². The lowest BCUT2D eigenvalue weighted by atomic mass is 10.1. The molecule has 2 aliphatic rings. The number of nitrogens with one attached hydrogen (secondary N) is 1. The van der Waals surface area contributed by atoms with Gasteiger partial charge in [0.1, 0.15) is 18.8 Å². The highest BCUT2D eigenvalue weighted by molar-refractivity contribution is 6.00. The highest BCUT2D eigenvalue weighted by atomic mass is 19.1. The van der Waals surface area contributed by atoms with Crippen LogP contribution in [0.2, 0.25) is 0 Å². The Hall–Kier alpha value is -2.96. The molecule has 2 saturated heterocycles. The molecule has 8 nitrogen and oxygen atoms in total. The zero-order chi connectivity index (χ0) is 22.1. The molecule has 31 heavy (non-hydrogen) atoms. The monoisotopic (exact) mass is 428 g/mol. The number of nitrogens with zero attached hydrogens (tertiary/aromatic N) is 3. The summed E-state index contributed by atoms with van der Waals surface area (Å²) in [7, 11) is 3.51. The van der Waals surface area contributed by atoms with Crippen LogP contribution in [0.4, 0.5) is 4.39 Å². The first-order chi connectivity index (χ1) is 14.9. The molecule has 0 radical (unpaired) electrons. The predicted octanol–water partition coefficient (Wildman–Crippen LogP) is 0.728. The van der Waals surface area contributed by atoms with Crippen LogP contribution < -0.4 is 11.0 Å². The van der Waals surface area contributed by atoms with Crippen molar-refractivity contribution < 1.29 is 18.7 Å². The van der Waals surface area contributed by atoms with Gasteiger partial charge in [-0.1, -0.05) is 17.9 Å². The normalized spacial score (nSPS) is 24.7. The Morgan fingerprint density at radius 1 is 1.23 bits per heavy atom. The number of imide groups is 1. The summed E-state index contributed by atoms with van der Waals surface area (Å²) in [5.74, 6) is 5.13. The minimum absolute atomic E-state index is 0.0903. The zero-order valence-corrected chi connectivity index (χ0v) is 17.6. The molecule has 2 fully saturated rings. The molecule has 0 bridgehead atoms. The molecule has 0 spiro atoms. The van der Waals surface area contributed by atoms with E-state index in [0.29, 0.717) is 29.6 Å². The summed E-state index contributed by atoms with van der Waals surface area (Å²) in [6, 6.07) is 4.57. The van der Waals surface area contributed by atoms with Crippen molar-refractivity contribution in [3.05, 3.63) is 34.2 Å². The minimum Gasteiger partial charge on any atom is -0.362 e. The lowest BCUT2D eigenvalue weighted by Crippen LogP contribution is -2.44. The third-order valence-corrected chi connectivity index (χ3v) is 5.90. The molecule has 1 aromatic heterocycles. The quantitative estimate of drug-likeness (QED) is 0.576. The van der Waals surface area contributed by atoms with Crippen molar-refractivity contribution in [2.24, 2.45) is 7.05 Å². The number of alkyl halides is 1. The van der Waals surface area contributed by atoms with E-state index in [-0.39, 0.29) is 31.0 Å². The number of imidazole rings is 1. The molecule has 9 heteroatoms. The standard InChI is InChI=1S/C22H25FN4O4/c1-25-11-10-18(15(23)13-25)31-12-4-6-14-5-3-7-16-20(14)26(2)22(30)27(16)17-8-9-19(28)24-21(17)29/h3,5,7,15,17-18H,8-13H2,1-2H3,(H,24,28,29)/t15-,17?,18-/m0/s1. The number of rotatable bonds is 3. The van der Waals surface area contributed by atoms with Gasteiger partial charge in [-0.05, 0) is 32.0 Å². The Morgan fingerprint density at radius 2 is 2.03 bits per heavy atom. The van der Waals surface area contributed by atoms with Crippen LogP contribution in [0.1, 0.15) is 30.9 Å². The Morgan fingerprint density at radius 3 is 2.77 bits per heavy atom. The number of hydrogen-bond acceptors (Lipinski definition) is 5. The molecule has 4 rings (SSSR count). The average Bonchev–Trinajstić information content (AvgIpc) is 2.98. The van der Waals surface area contributed by atoms with Crippen molar-refractivity contribution in [2.45, 2.75) is 37.6 Å². The van der Waals surface area contributed by atoms with Crippen LogP contribution in [0.25, 0.3) is 11.0 Å². The van der Waals surface area contributed by atoms with Crippen molar-refractivity contribution in [1.82, 2.24) is 19.4 Å². The molecule has 0 saturated carbocycles. The Labute approximate surface area is 178 Å². The smallest absolute Gasteiger partial charge is 0.329 e. The summed E-state index contributed by atoms with van der Waals surface area (Å²) in [5, 5.41) is 2.30. The van der Waals surface area contributed by atoms with E-state index in [4.69, 9.17) is 4.74 Å². The molecule has 1 unspecified atom stereocenters. The van der Waals surface area contributed by atoms with Gasteiger partial charge in [-0.15, -0.1) is 0 Å². The van der Waals surface area contributed by atoms with Crippen LogP contribution in [-0.4, -0.2) is 64.9 Å². The number of likely N-dealkylation sites (tertiary alicyclic amines) is 1. The van der Waals surface area contributed by atoms with Crippen molar-refractivity contribution in [3.8, 4) is 11.8 Å². The molecule has 0 aliphatic carbocycles. The van der Waals surface area contributed by atoms with Gasteiger partial charge in [-0.2, -0.15) is 0 Å². The van der Waals surface area contributed by atoms with E-state index >= 15 is 0 Å². The fourth-order valence-corrected chi connectivity index (χ4v) is 4.27. The first-order valence-electron chi connectivity index (χ1n) is 10.3. The maximum atomic E-state index is 14.1. The number of piperidine rings is 2. The van der Waals surface area contributed by atoms with Crippen LogP contribution in [0.5, 0.6) is 0 Å². The SMILES string of the molecule is CN1CC[C@H](OCC#Cc2cccc3c2n(C)c(=O)n3C2CCC(=O)NC2=O)[C@@H](F)C1. The van der Waals surface area contributed by atoms with Crippen molar-refractivity contribution in [2.75, 3.05) is 26.7 Å². The highest BCUT2D eigenvalue weighted by Gasteiger charge is 2.31. The first kappa shape index (κ1) is 21.3. The maximum Gasteiger partial charge on any atom is 0.329 e. The lowest BCUT2D eigenvalue weighted by molar-refractivity contribution is -0.135. The number of carbonyl (C=O) groups is 2. The predicted molar refractivity (Wildman–Crippen MR) is 112 cm³/mol. The van der Waals surface area contributed by atoms with E-state index in [9.17, 15) is 18.8 Å². The van der Waals surface area contributed by atoms with Gasteiger partial charge in [-0.25, -0.2) is 9.18 Å². The van der Waals surface area contributed by atoms with Gasteiger partial charge in [0.15, 0.2) is 0 Å². The molecule has 2 aliphatic heterocycles. The second-order valence-corrected chi connectivity index (χ2v) is 8.07. The largest absolute Gasteiger partial charge is 0.362 e. The van der Waals surface area contributed by atoms with E-state index in [0.717, 1.165) is 6.54 Å². The molecule has 3 atom stereocenters. The Bertz CT molecular complexity index is 1140. The number of halogens is 1. The molecule has 2 amide bonds. The number of aryl methyl sites for hydroxylation is 1. The second-order valence-electron chi connectivity index (χ2n) is 8.07. The molecule has 164 valence electrons. The fourth-order valence-electron chi connectivity index (χ4n) is 4.27. The van der Waals surface area contributed by atoms with E-state index in [1.165, 1.54) is 9.13 Å². The summed E-state index contributed by atoms with van der Waals surface area (Å²) < 4.78 is 22.6. The van der Waals surface area contributed by atoms with E-state index in [1.807, 2.05) is 11.9 Å². The van der Waals surface area contributed by atoms with E-state index in [2.05, 4.69) is 17.2 Å². The molecule has 1 N–H and O–H groups in total. The van der Waals surface area contributed by atoms with Crippen LogP contribution in [0, 0.1) is 11.8 Å². The van der Waals surface area contributed by atoms with Crippen LogP contribution in [0.15, 0.2) is 23.0 Å². The number of aromatic nitrogens is 2. The highest BCUT2D eigenvalue weighted by Crippen LogP contribution is 2.24. The third kappa shape index (κ3) is 4.13. The minimum atomic E-state index is -1.03. The van der Waals surface area contributed by atoms with E-state index < -0.39 is 24.2 Å². The number of carbonyl (C=O) groups excluding carboxylic acids is 2. The average molecular weight is 428 g/mol. The molecule has 1 aromatic carbocycles. The third-order valence-electron chi connectivity index (χ3n) is 5.90. The molecular formula is C22H25FN4O4.